The Morgan fingerprint density at radius 1 is 0.969 bits per heavy atom. The molecule has 0 spiro atoms. The number of ether oxygens (including phenoxy) is 1. The molecule has 0 aliphatic rings. The molecule has 0 saturated heterocycles. The predicted octanol–water partition coefficient (Wildman–Crippen LogP) is 2.78. The smallest absolute Gasteiger partial charge is 0.255 e. The number of rotatable bonds is 8. The van der Waals surface area contributed by atoms with Gasteiger partial charge in [0.2, 0.25) is 21.8 Å². The van der Waals surface area contributed by atoms with Crippen LogP contribution in [-0.4, -0.2) is 32.3 Å². The third-order valence-electron chi connectivity index (χ3n) is 4.38. The van der Waals surface area contributed by atoms with Gasteiger partial charge in [-0.2, -0.15) is 0 Å². The second-order valence-corrected chi connectivity index (χ2v) is 8.51. The van der Waals surface area contributed by atoms with E-state index in [1.54, 1.807) is 42.6 Å². The van der Waals surface area contributed by atoms with Crippen molar-refractivity contribution >= 4 is 33.2 Å². The van der Waals surface area contributed by atoms with Crippen LogP contribution < -0.4 is 20.1 Å². The first-order chi connectivity index (χ1) is 15.3. The third kappa shape index (κ3) is 5.90. The molecule has 32 heavy (non-hydrogen) atoms. The number of hydrogen-bond acceptors (Lipinski definition) is 6. The van der Waals surface area contributed by atoms with Gasteiger partial charge in [-0.05, 0) is 54.1 Å². The second kappa shape index (κ2) is 10.0. The molecule has 0 bridgehead atoms. The Balaban J connectivity index is 1.61. The number of sulfonamides is 1. The summed E-state index contributed by atoms with van der Waals surface area (Å²) in [5.41, 5.74) is 2.03. The van der Waals surface area contributed by atoms with E-state index >= 15 is 0 Å². The quantitative estimate of drug-likeness (QED) is 0.480. The number of nitrogens with zero attached hydrogens (tertiary/aromatic N) is 1. The van der Waals surface area contributed by atoms with Gasteiger partial charge in [0.05, 0.1) is 12.0 Å². The van der Waals surface area contributed by atoms with Crippen LogP contribution in [0.25, 0.3) is 0 Å². The first-order valence-electron chi connectivity index (χ1n) is 9.55. The molecule has 0 radical (unpaired) electrons. The van der Waals surface area contributed by atoms with Gasteiger partial charge >= 0.3 is 0 Å². The molecule has 166 valence electrons. The molecule has 10 heteroatoms. The molecule has 2 amide bonds. The number of amides is 2. The summed E-state index contributed by atoms with van der Waals surface area (Å²) in [4.78, 5) is 27.6. The predicted molar refractivity (Wildman–Crippen MR) is 120 cm³/mol. The molecular formula is C22H22N4O5S. The summed E-state index contributed by atoms with van der Waals surface area (Å²) >= 11 is 0. The Morgan fingerprint density at radius 2 is 1.66 bits per heavy atom. The lowest BCUT2D eigenvalue weighted by Gasteiger charge is -2.10. The van der Waals surface area contributed by atoms with Crippen molar-refractivity contribution in [3.8, 4) is 5.88 Å². The monoisotopic (exact) mass is 454 g/mol. The molecule has 0 fully saturated rings. The maximum absolute atomic E-state index is 12.5. The molecule has 0 unspecified atom stereocenters. The Morgan fingerprint density at radius 3 is 2.28 bits per heavy atom. The van der Waals surface area contributed by atoms with Crippen molar-refractivity contribution in [3.63, 3.8) is 0 Å². The van der Waals surface area contributed by atoms with E-state index in [0.717, 1.165) is 0 Å². The first-order valence-corrected chi connectivity index (χ1v) is 11.0. The highest BCUT2D eigenvalue weighted by atomic mass is 32.2. The van der Waals surface area contributed by atoms with Crippen LogP contribution in [0.5, 0.6) is 5.88 Å². The maximum atomic E-state index is 12.5. The fraction of sp³-hybridized carbons (Fsp3) is 0.136. The number of methoxy groups -OCH3 is 1. The van der Waals surface area contributed by atoms with Gasteiger partial charge < -0.3 is 15.4 Å². The normalized spacial score (nSPS) is 10.9. The molecule has 0 aliphatic heterocycles. The lowest BCUT2D eigenvalue weighted by molar-refractivity contribution is -0.114. The van der Waals surface area contributed by atoms with Crippen LogP contribution in [0.4, 0.5) is 11.4 Å². The van der Waals surface area contributed by atoms with Crippen LogP contribution >= 0.6 is 0 Å². The minimum atomic E-state index is -3.74. The van der Waals surface area contributed by atoms with Gasteiger partial charge in [0, 0.05) is 30.9 Å². The summed E-state index contributed by atoms with van der Waals surface area (Å²) < 4.78 is 32.6. The van der Waals surface area contributed by atoms with Crippen molar-refractivity contribution in [1.29, 1.82) is 0 Å². The van der Waals surface area contributed by atoms with Gasteiger partial charge in [0.25, 0.3) is 5.91 Å². The van der Waals surface area contributed by atoms with Gasteiger partial charge in [-0.1, -0.05) is 12.1 Å². The summed E-state index contributed by atoms with van der Waals surface area (Å²) in [6.45, 7) is 1.42. The van der Waals surface area contributed by atoms with Crippen LogP contribution in [0.1, 0.15) is 22.8 Å². The molecule has 0 atom stereocenters. The summed E-state index contributed by atoms with van der Waals surface area (Å²) in [7, 11) is -2.28. The second-order valence-electron chi connectivity index (χ2n) is 6.74. The standard InChI is InChI=1S/C22H22N4O5S/c1-15(27)25-18-9-11-19(12-10-18)32(29,30)24-14-16-5-7-17(8-6-16)21(28)26-20-4-3-13-23-22(20)31-2/h3-13,24H,14H2,1-2H3,(H,25,27)(H,26,28). The number of anilines is 2. The molecule has 3 N–H and O–H groups in total. The lowest BCUT2D eigenvalue weighted by atomic mass is 10.1. The van der Waals surface area contributed by atoms with E-state index in [0.29, 0.717) is 28.4 Å². The zero-order chi connectivity index (χ0) is 23.1. The average Bonchev–Trinajstić information content (AvgIpc) is 2.78. The SMILES string of the molecule is COc1ncccc1NC(=O)c1ccc(CNS(=O)(=O)c2ccc(NC(C)=O)cc2)cc1. The highest BCUT2D eigenvalue weighted by Gasteiger charge is 2.14. The van der Waals surface area contributed by atoms with Crippen LogP contribution in [0.3, 0.4) is 0 Å². The van der Waals surface area contributed by atoms with E-state index in [2.05, 4.69) is 20.3 Å². The van der Waals surface area contributed by atoms with Crippen LogP contribution in [0.15, 0.2) is 71.8 Å². The van der Waals surface area contributed by atoms with Gasteiger partial charge in [0.15, 0.2) is 0 Å². The first kappa shape index (κ1) is 22.9. The molecule has 0 aliphatic carbocycles. The van der Waals surface area contributed by atoms with E-state index in [9.17, 15) is 18.0 Å². The molecule has 3 rings (SSSR count). The summed E-state index contributed by atoms with van der Waals surface area (Å²) in [6, 6.07) is 15.7. The highest BCUT2D eigenvalue weighted by molar-refractivity contribution is 7.89. The van der Waals surface area contributed by atoms with Gasteiger partial charge in [-0.3, -0.25) is 9.59 Å². The minimum absolute atomic E-state index is 0.0497. The molecule has 0 saturated carbocycles. The molecule has 9 nitrogen and oxygen atoms in total. The largest absolute Gasteiger partial charge is 0.480 e. The van der Waals surface area contributed by atoms with E-state index < -0.39 is 10.0 Å². The zero-order valence-electron chi connectivity index (χ0n) is 17.5. The van der Waals surface area contributed by atoms with Crippen molar-refractivity contribution in [2.24, 2.45) is 0 Å². The Labute approximate surface area is 185 Å². The zero-order valence-corrected chi connectivity index (χ0v) is 18.3. The number of aromatic nitrogens is 1. The molecule has 2 aromatic carbocycles. The third-order valence-corrected chi connectivity index (χ3v) is 5.80. The average molecular weight is 455 g/mol. The Kier molecular flexibility index (Phi) is 7.18. The minimum Gasteiger partial charge on any atom is -0.480 e. The van der Waals surface area contributed by atoms with Crippen molar-refractivity contribution in [2.45, 2.75) is 18.4 Å². The summed E-state index contributed by atoms with van der Waals surface area (Å²) in [5, 5.41) is 5.31. The van der Waals surface area contributed by atoms with Crippen molar-refractivity contribution in [3.05, 3.63) is 78.0 Å². The van der Waals surface area contributed by atoms with Crippen molar-refractivity contribution in [2.75, 3.05) is 17.7 Å². The van der Waals surface area contributed by atoms with Gasteiger partial charge in [0.1, 0.15) is 5.69 Å². The van der Waals surface area contributed by atoms with Crippen LogP contribution in [0, 0.1) is 0 Å². The topological polar surface area (TPSA) is 126 Å². The number of carbonyl (C=O) groups excluding carboxylic acids is 2. The van der Waals surface area contributed by atoms with E-state index in [-0.39, 0.29) is 23.3 Å². The maximum Gasteiger partial charge on any atom is 0.255 e. The van der Waals surface area contributed by atoms with E-state index in [1.165, 1.54) is 38.3 Å². The Bertz CT molecular complexity index is 1210. The number of benzene rings is 2. The van der Waals surface area contributed by atoms with Crippen LogP contribution in [0.2, 0.25) is 0 Å². The highest BCUT2D eigenvalue weighted by Crippen LogP contribution is 2.21. The van der Waals surface area contributed by atoms with E-state index in [4.69, 9.17) is 4.74 Å². The summed E-state index contributed by atoms with van der Waals surface area (Å²) in [6.07, 6.45) is 1.56. The number of pyridine rings is 1. The van der Waals surface area contributed by atoms with Gasteiger partial charge in [-0.25, -0.2) is 18.1 Å². The molecular weight excluding hydrogens is 432 g/mol. The van der Waals surface area contributed by atoms with E-state index in [1.807, 2.05) is 0 Å². The van der Waals surface area contributed by atoms with Gasteiger partial charge in [-0.15, -0.1) is 0 Å². The molecule has 1 aromatic heterocycles. The lowest BCUT2D eigenvalue weighted by Crippen LogP contribution is -2.23. The van der Waals surface area contributed by atoms with Crippen molar-refractivity contribution < 1.29 is 22.7 Å². The van der Waals surface area contributed by atoms with Crippen molar-refractivity contribution in [1.82, 2.24) is 9.71 Å². The number of nitrogens with one attached hydrogen (secondary N) is 3. The molecule has 3 aromatic rings. The molecule has 1 heterocycles. The Hall–Kier alpha value is -3.76. The number of hydrogen-bond donors (Lipinski definition) is 3. The fourth-order valence-electron chi connectivity index (χ4n) is 2.80. The summed E-state index contributed by atoms with van der Waals surface area (Å²) in [5.74, 6) is -0.282. The fourth-order valence-corrected chi connectivity index (χ4v) is 3.82. The number of carbonyl (C=O) groups is 2. The van der Waals surface area contributed by atoms with Crippen LogP contribution in [-0.2, 0) is 21.4 Å².